The monoisotopic (exact) mass is 160 g/mol. The molecule has 0 aliphatic carbocycles. The Kier molecular flexibility index (Phi) is 6.51. The summed E-state index contributed by atoms with van der Waals surface area (Å²) in [4.78, 5) is 0. The summed E-state index contributed by atoms with van der Waals surface area (Å²) in [6, 6.07) is 0. The molecule has 0 radical (unpaired) electrons. The van der Waals surface area contributed by atoms with Crippen LogP contribution in [0.3, 0.4) is 0 Å². The quantitative estimate of drug-likeness (QED) is 0.594. The van der Waals surface area contributed by atoms with Crippen LogP contribution in [0.15, 0.2) is 0 Å². The molecule has 3 heteroatoms. The molecule has 0 aromatic heterocycles. The van der Waals surface area contributed by atoms with Gasteiger partial charge in [-0.25, -0.2) is 0 Å². The standard InChI is InChI=1S/C8H20N2O/c1-3-7(5-9)11-8(4-2)6-10/h7-8H,3-6,9-10H2,1-2H3. The van der Waals surface area contributed by atoms with Crippen molar-refractivity contribution >= 4 is 0 Å². The van der Waals surface area contributed by atoms with Crippen molar-refractivity contribution in [1.82, 2.24) is 0 Å². The average Bonchev–Trinajstić information content (AvgIpc) is 2.07. The Morgan fingerprint density at radius 2 is 1.36 bits per heavy atom. The highest BCUT2D eigenvalue weighted by molar-refractivity contribution is 4.62. The third kappa shape index (κ3) is 4.35. The predicted octanol–water partition coefficient (Wildman–Crippen LogP) is 0.478. The van der Waals surface area contributed by atoms with Crippen LogP contribution in [0.2, 0.25) is 0 Å². The molecule has 0 saturated heterocycles. The van der Waals surface area contributed by atoms with E-state index in [1.54, 1.807) is 0 Å². The summed E-state index contributed by atoms with van der Waals surface area (Å²) in [5, 5.41) is 0. The first-order chi connectivity index (χ1) is 5.28. The lowest BCUT2D eigenvalue weighted by Crippen LogP contribution is -2.32. The van der Waals surface area contributed by atoms with E-state index in [-0.39, 0.29) is 12.2 Å². The molecule has 0 bridgehead atoms. The van der Waals surface area contributed by atoms with E-state index in [0.717, 1.165) is 12.8 Å². The van der Waals surface area contributed by atoms with Crippen molar-refractivity contribution in [2.75, 3.05) is 13.1 Å². The summed E-state index contributed by atoms with van der Waals surface area (Å²) in [5.41, 5.74) is 11.0. The first-order valence-electron chi connectivity index (χ1n) is 4.34. The van der Waals surface area contributed by atoms with Crippen molar-refractivity contribution in [2.45, 2.75) is 38.9 Å². The number of rotatable bonds is 6. The van der Waals surface area contributed by atoms with Crippen LogP contribution in [0, 0.1) is 0 Å². The van der Waals surface area contributed by atoms with E-state index >= 15 is 0 Å². The SMILES string of the molecule is CCC(CN)OC(CC)CN. The van der Waals surface area contributed by atoms with E-state index in [1.165, 1.54) is 0 Å². The Hall–Kier alpha value is -0.120. The lowest BCUT2D eigenvalue weighted by Gasteiger charge is -2.20. The number of ether oxygens (including phenoxy) is 1. The minimum atomic E-state index is 0.184. The van der Waals surface area contributed by atoms with Crippen LogP contribution in [0.5, 0.6) is 0 Å². The molecule has 0 aliphatic rings. The molecule has 11 heavy (non-hydrogen) atoms. The molecular formula is C8H20N2O. The van der Waals surface area contributed by atoms with Gasteiger partial charge in [0.25, 0.3) is 0 Å². The molecule has 0 fully saturated rings. The first kappa shape index (κ1) is 10.9. The fraction of sp³-hybridized carbons (Fsp3) is 1.00. The fourth-order valence-electron chi connectivity index (χ4n) is 0.909. The highest BCUT2D eigenvalue weighted by Gasteiger charge is 2.10. The zero-order valence-corrected chi connectivity index (χ0v) is 7.55. The van der Waals surface area contributed by atoms with Gasteiger partial charge >= 0.3 is 0 Å². The van der Waals surface area contributed by atoms with Crippen molar-refractivity contribution < 1.29 is 4.74 Å². The van der Waals surface area contributed by atoms with Gasteiger partial charge in [-0.1, -0.05) is 13.8 Å². The predicted molar refractivity (Wildman–Crippen MR) is 47.4 cm³/mol. The second kappa shape index (κ2) is 6.58. The molecule has 68 valence electrons. The molecular weight excluding hydrogens is 140 g/mol. The minimum Gasteiger partial charge on any atom is -0.372 e. The second-order valence-corrected chi connectivity index (χ2v) is 2.67. The van der Waals surface area contributed by atoms with Crippen molar-refractivity contribution in [1.29, 1.82) is 0 Å². The summed E-state index contributed by atoms with van der Waals surface area (Å²) < 4.78 is 5.60. The topological polar surface area (TPSA) is 61.3 Å². The average molecular weight is 160 g/mol. The number of hydrogen-bond donors (Lipinski definition) is 2. The van der Waals surface area contributed by atoms with Gasteiger partial charge < -0.3 is 16.2 Å². The molecule has 0 aromatic carbocycles. The maximum atomic E-state index is 5.60. The molecule has 0 rings (SSSR count). The Morgan fingerprint density at radius 3 is 1.55 bits per heavy atom. The smallest absolute Gasteiger partial charge is 0.0699 e. The molecule has 0 saturated carbocycles. The van der Waals surface area contributed by atoms with Gasteiger partial charge in [0.15, 0.2) is 0 Å². The highest BCUT2D eigenvalue weighted by atomic mass is 16.5. The zero-order valence-electron chi connectivity index (χ0n) is 7.55. The Bertz CT molecular complexity index is 70.2. The van der Waals surface area contributed by atoms with Gasteiger partial charge in [0.05, 0.1) is 12.2 Å². The fourth-order valence-corrected chi connectivity index (χ4v) is 0.909. The maximum absolute atomic E-state index is 5.60. The van der Waals surface area contributed by atoms with Gasteiger partial charge in [-0.3, -0.25) is 0 Å². The van der Waals surface area contributed by atoms with Crippen LogP contribution in [-0.2, 0) is 4.74 Å². The van der Waals surface area contributed by atoms with E-state index in [2.05, 4.69) is 13.8 Å². The summed E-state index contributed by atoms with van der Waals surface area (Å²) in [7, 11) is 0. The van der Waals surface area contributed by atoms with Crippen molar-refractivity contribution in [2.24, 2.45) is 11.5 Å². The molecule has 4 N–H and O–H groups in total. The Labute approximate surface area is 69.1 Å². The minimum absolute atomic E-state index is 0.184. The van der Waals surface area contributed by atoms with Crippen LogP contribution in [0.25, 0.3) is 0 Å². The summed E-state index contributed by atoms with van der Waals surface area (Å²) in [6.45, 7) is 5.32. The maximum Gasteiger partial charge on any atom is 0.0699 e. The van der Waals surface area contributed by atoms with Gasteiger partial charge in [-0.05, 0) is 12.8 Å². The van der Waals surface area contributed by atoms with E-state index in [0.29, 0.717) is 13.1 Å². The van der Waals surface area contributed by atoms with E-state index in [4.69, 9.17) is 16.2 Å². The van der Waals surface area contributed by atoms with Crippen molar-refractivity contribution in [3.8, 4) is 0 Å². The van der Waals surface area contributed by atoms with E-state index < -0.39 is 0 Å². The van der Waals surface area contributed by atoms with Gasteiger partial charge in [0, 0.05) is 13.1 Å². The summed E-state index contributed by atoms with van der Waals surface area (Å²) in [6.07, 6.45) is 2.30. The summed E-state index contributed by atoms with van der Waals surface area (Å²) in [5.74, 6) is 0. The Balaban J connectivity index is 3.58. The van der Waals surface area contributed by atoms with Gasteiger partial charge in [-0.15, -0.1) is 0 Å². The molecule has 2 atom stereocenters. The molecule has 0 amide bonds. The lowest BCUT2D eigenvalue weighted by atomic mass is 10.2. The zero-order chi connectivity index (χ0) is 8.69. The van der Waals surface area contributed by atoms with Crippen LogP contribution in [0.4, 0.5) is 0 Å². The van der Waals surface area contributed by atoms with E-state index in [9.17, 15) is 0 Å². The van der Waals surface area contributed by atoms with Gasteiger partial charge in [0.2, 0.25) is 0 Å². The second-order valence-electron chi connectivity index (χ2n) is 2.67. The third-order valence-electron chi connectivity index (χ3n) is 1.82. The van der Waals surface area contributed by atoms with Crippen molar-refractivity contribution in [3.05, 3.63) is 0 Å². The molecule has 0 spiro atoms. The van der Waals surface area contributed by atoms with Gasteiger partial charge in [-0.2, -0.15) is 0 Å². The van der Waals surface area contributed by atoms with E-state index in [1.807, 2.05) is 0 Å². The first-order valence-corrected chi connectivity index (χ1v) is 4.34. The Morgan fingerprint density at radius 1 is 1.00 bits per heavy atom. The molecule has 3 nitrogen and oxygen atoms in total. The summed E-state index contributed by atoms with van der Waals surface area (Å²) >= 11 is 0. The highest BCUT2D eigenvalue weighted by Crippen LogP contribution is 2.03. The van der Waals surface area contributed by atoms with Crippen LogP contribution in [0.1, 0.15) is 26.7 Å². The normalized spacial score (nSPS) is 16.4. The van der Waals surface area contributed by atoms with Crippen molar-refractivity contribution in [3.63, 3.8) is 0 Å². The van der Waals surface area contributed by atoms with Crippen LogP contribution >= 0.6 is 0 Å². The largest absolute Gasteiger partial charge is 0.372 e. The molecule has 0 heterocycles. The third-order valence-corrected chi connectivity index (χ3v) is 1.82. The molecule has 0 aromatic rings. The molecule has 2 unspecified atom stereocenters. The molecule has 0 aliphatic heterocycles. The van der Waals surface area contributed by atoms with Crippen LogP contribution in [-0.4, -0.2) is 25.3 Å². The van der Waals surface area contributed by atoms with Crippen LogP contribution < -0.4 is 11.5 Å². The number of hydrogen-bond acceptors (Lipinski definition) is 3. The van der Waals surface area contributed by atoms with Gasteiger partial charge in [0.1, 0.15) is 0 Å². The number of nitrogens with two attached hydrogens (primary N) is 2. The lowest BCUT2D eigenvalue weighted by molar-refractivity contribution is -0.00548.